The van der Waals surface area contributed by atoms with Crippen LogP contribution < -0.4 is 4.89 Å². The first-order chi connectivity index (χ1) is 27.5. The predicted octanol–water partition coefficient (Wildman–Crippen LogP) is 10.6. The van der Waals surface area contributed by atoms with Gasteiger partial charge < -0.3 is 32.6 Å². The van der Waals surface area contributed by atoms with E-state index >= 15 is 0 Å². The number of epoxide rings is 1. The minimum atomic E-state index is -4.66. The zero-order chi connectivity index (χ0) is 41.9. The lowest BCUT2D eigenvalue weighted by Gasteiger charge is -2.28. The second kappa shape index (κ2) is 34.3. The fourth-order valence-electron chi connectivity index (χ4n) is 5.64. The SMILES string of the molecule is CC/C=C\C/C=C\C/C=C\CCCCCCCC(=O)OC[C@H](COP(=O)([O-])OCC[N+](C)(C)C)OC(=O)CCCC1OC1C/C=C\C/C=C\C/C=C\CCCCC. The second-order valence-electron chi connectivity index (χ2n) is 15.7. The third-order valence-corrected chi connectivity index (χ3v) is 10.1. The number of hydrogen-bond donors (Lipinski definition) is 0. The van der Waals surface area contributed by atoms with Crippen LogP contribution in [0.25, 0.3) is 0 Å². The van der Waals surface area contributed by atoms with Crippen molar-refractivity contribution in [2.24, 2.45) is 0 Å². The zero-order valence-electron chi connectivity index (χ0n) is 36.2. The molecule has 4 atom stereocenters. The first-order valence-corrected chi connectivity index (χ1v) is 23.2. The van der Waals surface area contributed by atoms with E-state index in [1.807, 2.05) is 21.1 Å². The molecule has 1 heterocycles. The molecule has 1 aliphatic heterocycles. The van der Waals surface area contributed by atoms with Gasteiger partial charge in [0.05, 0.1) is 40.0 Å². The van der Waals surface area contributed by atoms with Gasteiger partial charge in [0, 0.05) is 12.8 Å². The van der Waals surface area contributed by atoms with Crippen LogP contribution in [0.2, 0.25) is 0 Å². The molecule has 10 nitrogen and oxygen atoms in total. The van der Waals surface area contributed by atoms with Gasteiger partial charge in [-0.25, -0.2) is 0 Å². The highest BCUT2D eigenvalue weighted by Gasteiger charge is 2.36. The maximum atomic E-state index is 12.7. The molecule has 1 fully saturated rings. The molecule has 0 N–H and O–H groups in total. The highest BCUT2D eigenvalue weighted by molar-refractivity contribution is 7.45. The van der Waals surface area contributed by atoms with E-state index in [0.717, 1.165) is 83.5 Å². The molecule has 1 aliphatic rings. The molecular formula is C46H78NO9P. The largest absolute Gasteiger partial charge is 0.756 e. The number of hydrogen-bond acceptors (Lipinski definition) is 9. The summed E-state index contributed by atoms with van der Waals surface area (Å²) in [7, 11) is 1.09. The second-order valence-corrected chi connectivity index (χ2v) is 17.1. The van der Waals surface area contributed by atoms with Crippen molar-refractivity contribution in [3.8, 4) is 0 Å². The van der Waals surface area contributed by atoms with Crippen LogP contribution in [0.1, 0.15) is 142 Å². The third-order valence-electron chi connectivity index (χ3n) is 9.13. The van der Waals surface area contributed by atoms with Crippen molar-refractivity contribution >= 4 is 19.8 Å². The van der Waals surface area contributed by atoms with Gasteiger partial charge >= 0.3 is 11.9 Å². The number of allylic oxidation sites excluding steroid dienone is 11. The lowest BCUT2D eigenvalue weighted by Crippen LogP contribution is -2.37. The molecule has 0 aromatic rings. The van der Waals surface area contributed by atoms with E-state index in [4.69, 9.17) is 23.3 Å². The van der Waals surface area contributed by atoms with Gasteiger partial charge in [-0.15, -0.1) is 0 Å². The average molecular weight is 820 g/mol. The van der Waals surface area contributed by atoms with Crippen molar-refractivity contribution < 1.29 is 46.8 Å². The van der Waals surface area contributed by atoms with Gasteiger partial charge in [0.25, 0.3) is 7.82 Å². The van der Waals surface area contributed by atoms with Crippen LogP contribution in [0.3, 0.4) is 0 Å². The number of rotatable bonds is 37. The minimum Gasteiger partial charge on any atom is -0.756 e. The van der Waals surface area contributed by atoms with Gasteiger partial charge in [-0.2, -0.15) is 0 Å². The van der Waals surface area contributed by atoms with Crippen LogP contribution in [-0.2, 0) is 37.4 Å². The van der Waals surface area contributed by atoms with Crippen molar-refractivity contribution in [1.82, 2.24) is 0 Å². The molecular weight excluding hydrogens is 741 g/mol. The minimum absolute atomic E-state index is 0.0519. The molecule has 0 aromatic carbocycles. The van der Waals surface area contributed by atoms with Crippen LogP contribution in [0.5, 0.6) is 0 Å². The molecule has 1 saturated heterocycles. The summed E-state index contributed by atoms with van der Waals surface area (Å²) in [6.45, 7) is 3.95. The Labute approximate surface area is 346 Å². The molecule has 0 aromatic heterocycles. The summed E-state index contributed by atoms with van der Waals surface area (Å²) in [5, 5.41) is 0. The van der Waals surface area contributed by atoms with E-state index in [0.29, 0.717) is 23.9 Å². The van der Waals surface area contributed by atoms with Gasteiger partial charge in [-0.3, -0.25) is 14.2 Å². The standard InChI is InChI=1S/C46H78NO9P/c1-6-8-10-12-14-16-18-20-21-22-24-26-28-30-32-36-45(48)52-40-42(41-54-57(50,51)53-39-38-47(3,4)5)55-46(49)37-33-35-44-43(56-44)34-31-29-27-25-23-19-17-15-13-11-9-7-2/h8,10,14-17,20-21,23,25,29,31,42-44H,6-7,9,11-13,18-19,22,24,26-28,30,32-41H2,1-5H3/b10-8-,16-14-,17-15-,21-20-,25-23-,31-29-/t42-,43?,44?/m1/s1. The van der Waals surface area contributed by atoms with E-state index in [-0.39, 0.29) is 38.3 Å². The molecule has 3 unspecified atom stereocenters. The maximum Gasteiger partial charge on any atom is 0.306 e. The first-order valence-electron chi connectivity index (χ1n) is 21.8. The number of nitrogens with zero attached hydrogens (tertiary/aromatic N) is 1. The van der Waals surface area contributed by atoms with Gasteiger partial charge in [0.2, 0.25) is 0 Å². The maximum absolute atomic E-state index is 12.7. The summed E-state index contributed by atoms with van der Waals surface area (Å²) in [4.78, 5) is 37.6. The summed E-state index contributed by atoms with van der Waals surface area (Å²) in [6.07, 6.45) is 43.7. The Morgan fingerprint density at radius 1 is 0.667 bits per heavy atom. The van der Waals surface area contributed by atoms with Gasteiger partial charge in [0.1, 0.15) is 19.8 Å². The Morgan fingerprint density at radius 2 is 1.23 bits per heavy atom. The predicted molar refractivity (Wildman–Crippen MR) is 230 cm³/mol. The molecule has 0 amide bonds. The summed E-state index contributed by atoms with van der Waals surface area (Å²) < 4.78 is 39.6. The molecule has 11 heteroatoms. The highest BCUT2D eigenvalue weighted by atomic mass is 31.2. The van der Waals surface area contributed by atoms with Crippen LogP contribution >= 0.6 is 7.82 Å². The quantitative estimate of drug-likeness (QED) is 0.0150. The van der Waals surface area contributed by atoms with Crippen LogP contribution in [0, 0.1) is 0 Å². The zero-order valence-corrected chi connectivity index (χ0v) is 37.1. The average Bonchev–Trinajstić information content (AvgIpc) is 3.91. The number of likely N-dealkylation sites (N-methyl/N-ethyl adjacent to an activating group) is 1. The number of unbranched alkanes of at least 4 members (excludes halogenated alkanes) is 8. The molecule has 0 saturated carbocycles. The molecule has 1 rings (SSSR count). The Kier molecular flexibility index (Phi) is 31.5. The van der Waals surface area contributed by atoms with Crippen molar-refractivity contribution in [2.45, 2.75) is 161 Å². The van der Waals surface area contributed by atoms with Gasteiger partial charge in [-0.1, -0.05) is 119 Å². The molecule has 57 heavy (non-hydrogen) atoms. The summed E-state index contributed by atoms with van der Waals surface area (Å²) >= 11 is 0. The molecule has 0 aliphatic carbocycles. The van der Waals surface area contributed by atoms with E-state index in [2.05, 4.69) is 86.8 Å². The Hall–Kier alpha value is -2.59. The van der Waals surface area contributed by atoms with Gasteiger partial charge in [0.15, 0.2) is 6.10 Å². The molecule has 0 radical (unpaired) electrons. The summed E-state index contributed by atoms with van der Waals surface area (Å²) in [5.41, 5.74) is 0. The normalized spacial score (nSPS) is 17.9. The van der Waals surface area contributed by atoms with E-state index in [1.54, 1.807) is 0 Å². The Bertz CT molecular complexity index is 1270. The van der Waals surface area contributed by atoms with E-state index < -0.39 is 32.5 Å². The van der Waals surface area contributed by atoms with E-state index in [1.165, 1.54) is 19.3 Å². The number of esters is 2. The topological polar surface area (TPSA) is 124 Å². The van der Waals surface area contributed by atoms with Crippen molar-refractivity contribution in [1.29, 1.82) is 0 Å². The summed E-state index contributed by atoms with van der Waals surface area (Å²) in [6, 6.07) is 0. The molecule has 326 valence electrons. The van der Waals surface area contributed by atoms with Gasteiger partial charge in [-0.05, 0) is 83.5 Å². The number of phosphoric acid groups is 1. The highest BCUT2D eigenvalue weighted by Crippen LogP contribution is 2.38. The first kappa shape index (κ1) is 52.4. The number of ether oxygens (including phenoxy) is 3. The Morgan fingerprint density at radius 3 is 1.86 bits per heavy atom. The molecule has 0 spiro atoms. The van der Waals surface area contributed by atoms with Crippen LogP contribution in [0.4, 0.5) is 0 Å². The number of quaternary nitrogens is 1. The van der Waals surface area contributed by atoms with Crippen LogP contribution in [-0.4, -0.2) is 82.2 Å². The van der Waals surface area contributed by atoms with Crippen molar-refractivity contribution in [3.63, 3.8) is 0 Å². The number of carbonyl (C=O) groups is 2. The Balaban J connectivity index is 2.37. The number of phosphoric ester groups is 1. The third kappa shape index (κ3) is 35.1. The lowest BCUT2D eigenvalue weighted by molar-refractivity contribution is -0.870. The van der Waals surface area contributed by atoms with Crippen LogP contribution in [0.15, 0.2) is 72.9 Å². The monoisotopic (exact) mass is 820 g/mol. The van der Waals surface area contributed by atoms with Crippen molar-refractivity contribution in [2.75, 3.05) is 47.5 Å². The summed E-state index contributed by atoms with van der Waals surface area (Å²) in [5.74, 6) is -0.939. The smallest absolute Gasteiger partial charge is 0.306 e. The fraction of sp³-hybridized carbons (Fsp3) is 0.696. The fourth-order valence-corrected chi connectivity index (χ4v) is 6.36. The van der Waals surface area contributed by atoms with E-state index in [9.17, 15) is 19.0 Å². The lowest BCUT2D eigenvalue weighted by atomic mass is 10.1. The number of carbonyl (C=O) groups excluding carboxylic acids is 2. The molecule has 0 bridgehead atoms. The van der Waals surface area contributed by atoms with Crippen molar-refractivity contribution in [3.05, 3.63) is 72.9 Å².